The first-order valence-corrected chi connectivity index (χ1v) is 12.2. The molecule has 2 aliphatic rings. The van der Waals surface area contributed by atoms with Crippen LogP contribution in [-0.2, 0) is 25.5 Å². The third-order valence-electron chi connectivity index (χ3n) is 6.54. The average molecular weight is 496 g/mol. The van der Waals surface area contributed by atoms with Crippen molar-refractivity contribution in [2.75, 3.05) is 39.2 Å². The molecule has 3 atom stereocenters. The molecule has 2 aliphatic heterocycles. The van der Waals surface area contributed by atoms with E-state index < -0.39 is 0 Å². The average Bonchev–Trinajstić information content (AvgIpc) is 2.87. The number of benzene rings is 2. The molecule has 0 spiro atoms. The first kappa shape index (κ1) is 25.7. The molecule has 1 fully saturated rings. The molecule has 36 heavy (non-hydrogen) atoms. The van der Waals surface area contributed by atoms with Gasteiger partial charge in [-0.25, -0.2) is 0 Å². The SMILES string of the molecule is COCCNC(=O)C[C@@H]1CC[C@@H]2[C@H](COc3ccc(NC(=O)Cc4ccccc4)cc3C(=O)N2C)O1. The standard InChI is InChI=1S/C27H33N3O6/c1-30-22-10-9-20(16-25(31)28-12-13-34-2)36-24(22)17-35-23-11-8-19(15-21(23)27(30)33)29-26(32)14-18-6-4-3-5-7-18/h3-8,11,15,20,22,24H,9-10,12-14,16-17H2,1-2H3,(H,28,31)(H,29,32)/t20-,22+,24-/m0/s1. The fourth-order valence-corrected chi connectivity index (χ4v) is 4.66. The van der Waals surface area contributed by atoms with E-state index in [4.69, 9.17) is 14.2 Å². The van der Waals surface area contributed by atoms with Crippen LogP contribution in [0, 0.1) is 0 Å². The molecule has 2 aromatic rings. The molecule has 0 saturated carbocycles. The normalized spacial score (nSPS) is 21.3. The fraction of sp³-hybridized carbons (Fsp3) is 0.444. The summed E-state index contributed by atoms with van der Waals surface area (Å²) in [7, 11) is 3.35. The predicted octanol–water partition coefficient (Wildman–Crippen LogP) is 2.40. The first-order chi connectivity index (χ1) is 17.4. The van der Waals surface area contributed by atoms with E-state index >= 15 is 0 Å². The Kier molecular flexibility index (Phi) is 8.56. The van der Waals surface area contributed by atoms with Gasteiger partial charge in [0.25, 0.3) is 5.91 Å². The van der Waals surface area contributed by atoms with E-state index in [-0.39, 0.29) is 55.4 Å². The summed E-state index contributed by atoms with van der Waals surface area (Å²) in [5.74, 6) is -0.00162. The summed E-state index contributed by atoms with van der Waals surface area (Å²) in [6.07, 6.45) is 1.29. The molecule has 4 rings (SSSR count). The Morgan fingerprint density at radius 2 is 1.92 bits per heavy atom. The van der Waals surface area contributed by atoms with Gasteiger partial charge in [-0.15, -0.1) is 0 Å². The quantitative estimate of drug-likeness (QED) is 0.545. The highest BCUT2D eigenvalue weighted by molar-refractivity contribution is 6.00. The molecule has 0 aliphatic carbocycles. The lowest BCUT2D eigenvalue weighted by Gasteiger charge is -2.42. The Bertz CT molecular complexity index is 1080. The third-order valence-corrected chi connectivity index (χ3v) is 6.54. The van der Waals surface area contributed by atoms with Gasteiger partial charge in [0.1, 0.15) is 18.5 Å². The maximum atomic E-state index is 13.4. The lowest BCUT2D eigenvalue weighted by molar-refractivity contribution is -0.134. The van der Waals surface area contributed by atoms with Gasteiger partial charge in [-0.05, 0) is 36.6 Å². The monoisotopic (exact) mass is 495 g/mol. The van der Waals surface area contributed by atoms with Crippen molar-refractivity contribution in [2.45, 2.75) is 43.9 Å². The minimum atomic E-state index is -0.345. The van der Waals surface area contributed by atoms with E-state index in [2.05, 4.69) is 10.6 Å². The van der Waals surface area contributed by atoms with Crippen molar-refractivity contribution in [3.8, 4) is 5.75 Å². The zero-order valence-corrected chi connectivity index (χ0v) is 20.7. The smallest absolute Gasteiger partial charge is 0.257 e. The highest BCUT2D eigenvalue weighted by Crippen LogP contribution is 2.32. The van der Waals surface area contributed by atoms with E-state index in [1.54, 1.807) is 37.3 Å². The lowest BCUT2D eigenvalue weighted by Crippen LogP contribution is -2.54. The number of rotatable bonds is 8. The van der Waals surface area contributed by atoms with Crippen LogP contribution < -0.4 is 15.4 Å². The number of hydrogen-bond acceptors (Lipinski definition) is 6. The molecule has 9 heteroatoms. The van der Waals surface area contributed by atoms with Gasteiger partial charge in [0.2, 0.25) is 11.8 Å². The van der Waals surface area contributed by atoms with Crippen LogP contribution in [0.25, 0.3) is 0 Å². The lowest BCUT2D eigenvalue weighted by atomic mass is 9.94. The zero-order valence-electron chi connectivity index (χ0n) is 20.7. The van der Waals surface area contributed by atoms with Gasteiger partial charge in [0.05, 0.1) is 37.2 Å². The van der Waals surface area contributed by atoms with Gasteiger partial charge in [-0.1, -0.05) is 30.3 Å². The Balaban J connectivity index is 1.40. The number of ether oxygens (including phenoxy) is 3. The maximum absolute atomic E-state index is 13.4. The van der Waals surface area contributed by atoms with Crippen LogP contribution in [-0.4, -0.2) is 74.8 Å². The summed E-state index contributed by atoms with van der Waals surface area (Å²) in [6.45, 7) is 1.18. The first-order valence-electron chi connectivity index (χ1n) is 12.2. The maximum Gasteiger partial charge on any atom is 0.257 e. The van der Waals surface area contributed by atoms with Gasteiger partial charge in [-0.3, -0.25) is 14.4 Å². The van der Waals surface area contributed by atoms with Crippen LogP contribution in [0.1, 0.15) is 35.2 Å². The number of nitrogens with one attached hydrogen (secondary N) is 2. The Morgan fingerprint density at radius 3 is 2.69 bits per heavy atom. The van der Waals surface area contributed by atoms with Crippen LogP contribution in [0.4, 0.5) is 5.69 Å². The van der Waals surface area contributed by atoms with E-state index in [0.29, 0.717) is 43.0 Å². The molecule has 3 amide bonds. The number of carbonyl (C=O) groups is 3. The minimum Gasteiger partial charge on any atom is -0.490 e. The summed E-state index contributed by atoms with van der Waals surface area (Å²) in [4.78, 5) is 39.8. The molecular formula is C27H33N3O6. The number of fused-ring (bicyclic) bond motifs is 2. The second-order valence-electron chi connectivity index (χ2n) is 9.14. The molecule has 0 bridgehead atoms. The van der Waals surface area contributed by atoms with Gasteiger partial charge in [-0.2, -0.15) is 0 Å². The summed E-state index contributed by atoms with van der Waals surface area (Å²) in [5.41, 5.74) is 1.85. The van der Waals surface area contributed by atoms with Crippen molar-refractivity contribution in [2.24, 2.45) is 0 Å². The van der Waals surface area contributed by atoms with E-state index in [0.717, 1.165) is 5.56 Å². The van der Waals surface area contributed by atoms with Gasteiger partial charge >= 0.3 is 0 Å². The van der Waals surface area contributed by atoms with Crippen LogP contribution >= 0.6 is 0 Å². The van der Waals surface area contributed by atoms with Crippen molar-refractivity contribution in [1.29, 1.82) is 0 Å². The van der Waals surface area contributed by atoms with E-state index in [1.165, 1.54) is 0 Å². The van der Waals surface area contributed by atoms with Crippen molar-refractivity contribution in [1.82, 2.24) is 10.2 Å². The van der Waals surface area contributed by atoms with Crippen LogP contribution in [0.3, 0.4) is 0 Å². The van der Waals surface area contributed by atoms with Crippen LogP contribution in [0.2, 0.25) is 0 Å². The van der Waals surface area contributed by atoms with Crippen LogP contribution in [0.15, 0.2) is 48.5 Å². The zero-order chi connectivity index (χ0) is 25.5. The number of hydrogen-bond donors (Lipinski definition) is 2. The van der Waals surface area contributed by atoms with Crippen molar-refractivity contribution in [3.63, 3.8) is 0 Å². The minimum absolute atomic E-state index is 0.0844. The molecular weight excluding hydrogens is 462 g/mol. The summed E-state index contributed by atoms with van der Waals surface area (Å²) >= 11 is 0. The summed E-state index contributed by atoms with van der Waals surface area (Å²) in [5, 5.41) is 5.69. The molecule has 0 aromatic heterocycles. The Hall–Kier alpha value is -3.43. The van der Waals surface area contributed by atoms with Crippen molar-refractivity contribution < 1.29 is 28.6 Å². The summed E-state index contributed by atoms with van der Waals surface area (Å²) < 4.78 is 17.2. The molecule has 2 N–H and O–H groups in total. The van der Waals surface area contributed by atoms with Crippen molar-refractivity contribution >= 4 is 23.4 Å². The van der Waals surface area contributed by atoms with E-state index in [1.807, 2.05) is 30.3 Å². The second kappa shape index (κ2) is 12.0. The molecule has 0 unspecified atom stereocenters. The number of carbonyl (C=O) groups excluding carboxylic acids is 3. The predicted molar refractivity (Wildman–Crippen MR) is 134 cm³/mol. The largest absolute Gasteiger partial charge is 0.490 e. The molecule has 0 radical (unpaired) electrons. The fourth-order valence-electron chi connectivity index (χ4n) is 4.66. The number of anilines is 1. The van der Waals surface area contributed by atoms with Gasteiger partial charge < -0.3 is 29.7 Å². The highest BCUT2D eigenvalue weighted by atomic mass is 16.5. The molecule has 9 nitrogen and oxygen atoms in total. The molecule has 192 valence electrons. The van der Waals surface area contributed by atoms with Gasteiger partial charge in [0, 0.05) is 26.4 Å². The number of nitrogens with zero attached hydrogens (tertiary/aromatic N) is 1. The molecule has 2 heterocycles. The Labute approximate surface area is 211 Å². The van der Waals surface area contributed by atoms with Crippen molar-refractivity contribution in [3.05, 3.63) is 59.7 Å². The van der Waals surface area contributed by atoms with Gasteiger partial charge in [0.15, 0.2) is 0 Å². The number of likely N-dealkylation sites (N-methyl/N-ethyl adjacent to an activating group) is 1. The Morgan fingerprint density at radius 1 is 1.11 bits per heavy atom. The summed E-state index contributed by atoms with van der Waals surface area (Å²) in [6, 6.07) is 14.4. The van der Waals surface area contributed by atoms with E-state index in [9.17, 15) is 14.4 Å². The molecule has 1 saturated heterocycles. The second-order valence-corrected chi connectivity index (χ2v) is 9.14. The number of methoxy groups -OCH3 is 1. The highest BCUT2D eigenvalue weighted by Gasteiger charge is 2.39. The topological polar surface area (TPSA) is 106 Å². The third kappa shape index (κ3) is 6.41. The molecule has 2 aromatic carbocycles. The van der Waals surface area contributed by atoms with Crippen LogP contribution in [0.5, 0.6) is 5.75 Å². The number of amides is 3.